The second-order valence-corrected chi connectivity index (χ2v) is 7.04. The molecule has 2 rings (SSSR count). The van der Waals surface area contributed by atoms with Crippen LogP contribution >= 0.6 is 39.3 Å². The SMILES string of the molecule is Cc1cc(Br)c(NC2CSC(C)C2)cc1Cl. The first-order valence-corrected chi connectivity index (χ1v) is 7.62. The van der Waals surface area contributed by atoms with Crippen molar-refractivity contribution in [3.05, 3.63) is 27.2 Å². The topological polar surface area (TPSA) is 12.0 Å². The number of aryl methyl sites for hydroxylation is 1. The van der Waals surface area contributed by atoms with Crippen molar-refractivity contribution in [1.82, 2.24) is 0 Å². The van der Waals surface area contributed by atoms with Gasteiger partial charge in [0.25, 0.3) is 0 Å². The van der Waals surface area contributed by atoms with Crippen molar-refractivity contribution < 1.29 is 0 Å². The lowest BCUT2D eigenvalue weighted by Gasteiger charge is -2.15. The first-order valence-electron chi connectivity index (χ1n) is 5.40. The molecule has 0 bridgehead atoms. The molecule has 1 saturated heterocycles. The first-order chi connectivity index (χ1) is 7.56. The van der Waals surface area contributed by atoms with E-state index < -0.39 is 0 Å². The minimum Gasteiger partial charge on any atom is -0.380 e. The van der Waals surface area contributed by atoms with Gasteiger partial charge in [0.05, 0.1) is 5.69 Å². The molecular weight excluding hydrogens is 306 g/mol. The molecule has 0 saturated carbocycles. The molecule has 0 aliphatic carbocycles. The van der Waals surface area contributed by atoms with E-state index >= 15 is 0 Å². The third-order valence-corrected chi connectivity index (χ3v) is 5.23. The van der Waals surface area contributed by atoms with E-state index in [0.717, 1.165) is 26.0 Å². The Labute approximate surface area is 114 Å². The van der Waals surface area contributed by atoms with E-state index in [-0.39, 0.29) is 0 Å². The third-order valence-electron chi connectivity index (χ3n) is 2.81. The maximum absolute atomic E-state index is 6.13. The summed E-state index contributed by atoms with van der Waals surface area (Å²) in [7, 11) is 0. The molecule has 1 nitrogen and oxygen atoms in total. The Morgan fingerprint density at radius 2 is 2.25 bits per heavy atom. The van der Waals surface area contributed by atoms with Crippen molar-refractivity contribution in [2.24, 2.45) is 0 Å². The molecule has 2 unspecified atom stereocenters. The Balaban J connectivity index is 2.12. The molecule has 0 aromatic heterocycles. The Kier molecular flexibility index (Phi) is 4.09. The van der Waals surface area contributed by atoms with Crippen LogP contribution in [0.4, 0.5) is 5.69 Å². The maximum Gasteiger partial charge on any atom is 0.0502 e. The smallest absolute Gasteiger partial charge is 0.0502 e. The van der Waals surface area contributed by atoms with Crippen molar-refractivity contribution in [3.8, 4) is 0 Å². The van der Waals surface area contributed by atoms with Gasteiger partial charge in [0, 0.05) is 26.5 Å². The largest absolute Gasteiger partial charge is 0.380 e. The summed E-state index contributed by atoms with van der Waals surface area (Å²) in [6, 6.07) is 4.64. The van der Waals surface area contributed by atoms with Crippen molar-refractivity contribution in [2.45, 2.75) is 31.6 Å². The minimum atomic E-state index is 0.565. The van der Waals surface area contributed by atoms with Gasteiger partial charge in [-0.15, -0.1) is 0 Å². The summed E-state index contributed by atoms with van der Waals surface area (Å²) in [5.74, 6) is 1.18. The van der Waals surface area contributed by atoms with Crippen LogP contribution in [0.1, 0.15) is 18.9 Å². The fourth-order valence-corrected chi connectivity index (χ4v) is 3.78. The lowest BCUT2D eigenvalue weighted by Crippen LogP contribution is -2.19. The molecule has 1 N–H and O–H groups in total. The fourth-order valence-electron chi connectivity index (χ4n) is 1.89. The number of hydrogen-bond acceptors (Lipinski definition) is 2. The number of hydrogen-bond donors (Lipinski definition) is 1. The van der Waals surface area contributed by atoms with Gasteiger partial charge in [-0.2, -0.15) is 11.8 Å². The highest BCUT2D eigenvalue weighted by Crippen LogP contribution is 2.33. The van der Waals surface area contributed by atoms with Crippen molar-refractivity contribution in [2.75, 3.05) is 11.1 Å². The number of thioether (sulfide) groups is 1. The van der Waals surface area contributed by atoms with Crippen LogP contribution in [0.25, 0.3) is 0 Å². The van der Waals surface area contributed by atoms with Gasteiger partial charge in [-0.05, 0) is 47.0 Å². The average Bonchev–Trinajstić information content (AvgIpc) is 2.60. The van der Waals surface area contributed by atoms with Crippen LogP contribution in [0.5, 0.6) is 0 Å². The molecule has 0 amide bonds. The molecule has 4 heteroatoms. The minimum absolute atomic E-state index is 0.565. The predicted molar refractivity (Wildman–Crippen MR) is 77.8 cm³/mol. The summed E-state index contributed by atoms with van der Waals surface area (Å²) in [5.41, 5.74) is 2.21. The number of benzene rings is 1. The Morgan fingerprint density at radius 1 is 1.50 bits per heavy atom. The molecule has 2 atom stereocenters. The third kappa shape index (κ3) is 2.88. The summed E-state index contributed by atoms with van der Waals surface area (Å²) >= 11 is 11.7. The molecule has 1 aromatic carbocycles. The molecule has 0 spiro atoms. The molecule has 0 radical (unpaired) electrons. The Bertz CT molecular complexity index is 397. The van der Waals surface area contributed by atoms with Gasteiger partial charge in [-0.3, -0.25) is 0 Å². The molecule has 88 valence electrons. The van der Waals surface area contributed by atoms with Crippen molar-refractivity contribution >= 4 is 45.0 Å². The van der Waals surface area contributed by atoms with Crippen molar-refractivity contribution in [1.29, 1.82) is 0 Å². The van der Waals surface area contributed by atoms with Crippen LogP contribution in [0.2, 0.25) is 5.02 Å². The van der Waals surface area contributed by atoms with Gasteiger partial charge in [0.15, 0.2) is 0 Å². The summed E-state index contributed by atoms with van der Waals surface area (Å²) in [5, 5.41) is 5.14. The summed E-state index contributed by atoms with van der Waals surface area (Å²) in [6.07, 6.45) is 1.22. The molecule has 1 aliphatic rings. The van der Waals surface area contributed by atoms with E-state index in [0.29, 0.717) is 6.04 Å². The monoisotopic (exact) mass is 319 g/mol. The number of nitrogens with one attached hydrogen (secondary N) is 1. The van der Waals surface area contributed by atoms with Crippen LogP contribution in [-0.2, 0) is 0 Å². The lowest BCUT2D eigenvalue weighted by atomic mass is 10.1. The number of halogens is 2. The van der Waals surface area contributed by atoms with Crippen LogP contribution < -0.4 is 5.32 Å². The predicted octanol–water partition coefficient (Wildman–Crippen LogP) is 4.72. The fraction of sp³-hybridized carbons (Fsp3) is 0.500. The van der Waals surface area contributed by atoms with Gasteiger partial charge in [0.1, 0.15) is 0 Å². The van der Waals surface area contributed by atoms with Crippen molar-refractivity contribution in [3.63, 3.8) is 0 Å². The van der Waals surface area contributed by atoms with E-state index in [1.807, 2.05) is 24.8 Å². The van der Waals surface area contributed by atoms with Gasteiger partial charge in [0.2, 0.25) is 0 Å². The zero-order valence-corrected chi connectivity index (χ0v) is 12.5. The van der Waals surface area contributed by atoms with E-state index in [1.54, 1.807) is 0 Å². The number of anilines is 1. The standard InChI is InChI=1S/C12H15BrClNS/c1-7-3-10(13)12(5-11(7)14)15-9-4-8(2)16-6-9/h3,5,8-9,15H,4,6H2,1-2H3. The summed E-state index contributed by atoms with van der Waals surface area (Å²) < 4.78 is 1.10. The zero-order chi connectivity index (χ0) is 11.7. The molecule has 1 aliphatic heterocycles. The highest BCUT2D eigenvalue weighted by molar-refractivity contribution is 9.10. The summed E-state index contributed by atoms with van der Waals surface area (Å²) in [6.45, 7) is 4.30. The van der Waals surface area contributed by atoms with Gasteiger partial charge >= 0.3 is 0 Å². The molecule has 1 aromatic rings. The first kappa shape index (κ1) is 12.6. The summed E-state index contributed by atoms with van der Waals surface area (Å²) in [4.78, 5) is 0. The van der Waals surface area contributed by atoms with E-state index in [4.69, 9.17) is 11.6 Å². The average molecular weight is 321 g/mol. The van der Waals surface area contributed by atoms with Crippen LogP contribution in [0.15, 0.2) is 16.6 Å². The quantitative estimate of drug-likeness (QED) is 0.846. The number of rotatable bonds is 2. The van der Waals surface area contributed by atoms with E-state index in [2.05, 4.69) is 34.2 Å². The lowest BCUT2D eigenvalue weighted by molar-refractivity contribution is 0.746. The molecular formula is C12H15BrClNS. The van der Waals surface area contributed by atoms with Crippen LogP contribution in [0.3, 0.4) is 0 Å². The Hall–Kier alpha value is 0.140. The van der Waals surface area contributed by atoms with Crippen LogP contribution in [-0.4, -0.2) is 17.0 Å². The second kappa shape index (κ2) is 5.19. The Morgan fingerprint density at radius 3 is 2.88 bits per heavy atom. The zero-order valence-electron chi connectivity index (χ0n) is 9.39. The molecule has 1 heterocycles. The highest BCUT2D eigenvalue weighted by Gasteiger charge is 2.22. The van der Waals surface area contributed by atoms with Gasteiger partial charge in [-0.25, -0.2) is 0 Å². The molecule has 1 fully saturated rings. The second-order valence-electron chi connectivity index (χ2n) is 4.30. The van der Waals surface area contributed by atoms with E-state index in [1.165, 1.54) is 12.2 Å². The maximum atomic E-state index is 6.13. The van der Waals surface area contributed by atoms with Crippen LogP contribution in [0, 0.1) is 6.92 Å². The normalized spacial score (nSPS) is 24.8. The molecule has 16 heavy (non-hydrogen) atoms. The highest BCUT2D eigenvalue weighted by atomic mass is 79.9. The van der Waals surface area contributed by atoms with E-state index in [9.17, 15) is 0 Å². The van der Waals surface area contributed by atoms with Gasteiger partial charge < -0.3 is 5.32 Å². The van der Waals surface area contributed by atoms with Gasteiger partial charge in [-0.1, -0.05) is 18.5 Å².